The number of hydrogen-bond acceptors (Lipinski definition) is 3. The van der Waals surface area contributed by atoms with Gasteiger partial charge in [-0.25, -0.2) is 0 Å². The van der Waals surface area contributed by atoms with Crippen LogP contribution in [0.15, 0.2) is 23.8 Å². The van der Waals surface area contributed by atoms with Crippen molar-refractivity contribution in [2.24, 2.45) is 0 Å². The summed E-state index contributed by atoms with van der Waals surface area (Å²) in [4.78, 5) is 9.14. The first-order valence-corrected chi connectivity index (χ1v) is 3.36. The number of aliphatic hydroxyl groups excluding tert-OH is 1. The summed E-state index contributed by atoms with van der Waals surface area (Å²) < 4.78 is 13.1. The molecule has 1 N–H and O–H groups in total. The minimum Gasteiger partial charge on any atom is -0.385 e. The molecule has 0 amide bonds. The van der Waals surface area contributed by atoms with Gasteiger partial charge in [0.25, 0.3) is 0 Å². The zero-order chi connectivity index (χ0) is 9.35. The lowest BCUT2D eigenvalue weighted by Gasteiger charge is -2.16. The van der Waals surface area contributed by atoms with E-state index in [1.807, 2.05) is 0 Å². The van der Waals surface area contributed by atoms with E-state index in [1.54, 1.807) is 0 Å². The second kappa shape index (κ2) is 2.67. The molecule has 0 saturated heterocycles. The van der Waals surface area contributed by atoms with Crippen molar-refractivity contribution in [2.45, 2.75) is 18.8 Å². The zero-order valence-corrected chi connectivity index (χ0v) is 6.40. The Kier molecular flexibility index (Phi) is 1.97. The third kappa shape index (κ3) is 1.35. The first-order valence-electron chi connectivity index (χ1n) is 3.36. The molecule has 1 aliphatic carbocycles. The SMILES string of the molecule is CC1=CC(F)([N+](=O)[O-])C=CC1O. The number of aliphatic hydroxyl groups is 1. The van der Waals surface area contributed by atoms with Gasteiger partial charge in [0.2, 0.25) is 0 Å². The van der Waals surface area contributed by atoms with Crippen molar-refractivity contribution in [2.75, 3.05) is 0 Å². The van der Waals surface area contributed by atoms with Crippen LogP contribution in [0.4, 0.5) is 4.39 Å². The Labute approximate surface area is 68.2 Å². The van der Waals surface area contributed by atoms with E-state index in [0.717, 1.165) is 18.2 Å². The van der Waals surface area contributed by atoms with E-state index < -0.39 is 16.8 Å². The zero-order valence-electron chi connectivity index (χ0n) is 6.40. The largest absolute Gasteiger partial charge is 0.397 e. The van der Waals surface area contributed by atoms with E-state index in [4.69, 9.17) is 5.11 Å². The third-order valence-corrected chi connectivity index (χ3v) is 1.69. The molecule has 66 valence electrons. The maximum absolute atomic E-state index is 13.1. The van der Waals surface area contributed by atoms with Crippen molar-refractivity contribution in [3.8, 4) is 0 Å². The molecule has 0 aromatic carbocycles. The minimum absolute atomic E-state index is 0.247. The molecule has 0 radical (unpaired) electrons. The normalized spacial score (nSPS) is 34.6. The van der Waals surface area contributed by atoms with E-state index >= 15 is 0 Å². The van der Waals surface area contributed by atoms with E-state index in [-0.39, 0.29) is 5.57 Å². The van der Waals surface area contributed by atoms with Gasteiger partial charge in [-0.05, 0) is 18.6 Å². The molecule has 2 unspecified atom stereocenters. The van der Waals surface area contributed by atoms with Crippen molar-refractivity contribution < 1.29 is 14.4 Å². The summed E-state index contributed by atoms with van der Waals surface area (Å²) in [6.45, 7) is 1.44. The Morgan fingerprint density at radius 3 is 2.83 bits per heavy atom. The molecule has 1 rings (SSSR count). The fraction of sp³-hybridized carbons (Fsp3) is 0.429. The molecule has 0 bridgehead atoms. The van der Waals surface area contributed by atoms with Gasteiger partial charge in [-0.3, -0.25) is 10.1 Å². The monoisotopic (exact) mass is 173 g/mol. The molecule has 5 heteroatoms. The smallest absolute Gasteiger partial charge is 0.385 e. The quantitative estimate of drug-likeness (QED) is 0.276. The fourth-order valence-corrected chi connectivity index (χ4v) is 0.944. The van der Waals surface area contributed by atoms with Gasteiger partial charge in [0.15, 0.2) is 0 Å². The van der Waals surface area contributed by atoms with Crippen LogP contribution in [0.2, 0.25) is 0 Å². The summed E-state index contributed by atoms with van der Waals surface area (Å²) in [7, 11) is 0. The van der Waals surface area contributed by atoms with E-state index in [2.05, 4.69) is 0 Å². The van der Waals surface area contributed by atoms with Gasteiger partial charge in [0, 0.05) is 12.2 Å². The molecule has 0 aliphatic heterocycles. The third-order valence-electron chi connectivity index (χ3n) is 1.69. The Morgan fingerprint density at radius 2 is 2.42 bits per heavy atom. The maximum atomic E-state index is 13.1. The standard InChI is InChI=1S/C7H8FNO3/c1-5-4-7(8,9(11)12)3-2-6(5)10/h2-4,6,10H,1H3. The van der Waals surface area contributed by atoms with Crippen LogP contribution in [0.25, 0.3) is 0 Å². The van der Waals surface area contributed by atoms with Crippen LogP contribution in [-0.2, 0) is 0 Å². The molecule has 0 aromatic heterocycles. The molecule has 0 saturated carbocycles. The van der Waals surface area contributed by atoms with Crippen LogP contribution in [0.3, 0.4) is 0 Å². The highest BCUT2D eigenvalue weighted by atomic mass is 19.1. The van der Waals surface area contributed by atoms with Gasteiger partial charge in [-0.1, -0.05) is 0 Å². The second-order valence-electron chi connectivity index (χ2n) is 2.68. The topological polar surface area (TPSA) is 63.4 Å². The molecule has 1 aliphatic rings. The maximum Gasteiger partial charge on any atom is 0.397 e. The van der Waals surface area contributed by atoms with Gasteiger partial charge in [0.05, 0.1) is 11.0 Å². The van der Waals surface area contributed by atoms with Gasteiger partial charge >= 0.3 is 5.79 Å². The number of halogens is 1. The Hall–Kier alpha value is -1.23. The molecular weight excluding hydrogens is 165 g/mol. The summed E-state index contributed by atoms with van der Waals surface area (Å²) in [6.07, 6.45) is 1.70. The molecule has 0 fully saturated rings. The number of alkyl halides is 1. The van der Waals surface area contributed by atoms with Crippen molar-refractivity contribution in [1.29, 1.82) is 0 Å². The van der Waals surface area contributed by atoms with Crippen LogP contribution in [0.5, 0.6) is 0 Å². The second-order valence-corrected chi connectivity index (χ2v) is 2.68. The average Bonchev–Trinajstić information content (AvgIpc) is 1.97. The average molecular weight is 173 g/mol. The van der Waals surface area contributed by atoms with Gasteiger partial charge in [-0.2, -0.15) is 4.39 Å². The minimum atomic E-state index is -2.65. The van der Waals surface area contributed by atoms with Crippen LogP contribution >= 0.6 is 0 Å². The molecule has 2 atom stereocenters. The summed E-state index contributed by atoms with van der Waals surface area (Å²) >= 11 is 0. The Bertz CT molecular complexity index is 274. The lowest BCUT2D eigenvalue weighted by molar-refractivity contribution is -0.574. The predicted octanol–water partition coefficient (Wildman–Crippen LogP) is 0.806. The fourth-order valence-electron chi connectivity index (χ4n) is 0.944. The summed E-state index contributed by atoms with van der Waals surface area (Å²) in [5, 5.41) is 19.2. The number of hydrogen-bond donors (Lipinski definition) is 1. The van der Waals surface area contributed by atoms with E-state index in [9.17, 15) is 14.5 Å². The number of nitrogens with zero attached hydrogens (tertiary/aromatic N) is 1. The van der Waals surface area contributed by atoms with Gasteiger partial charge < -0.3 is 5.11 Å². The van der Waals surface area contributed by atoms with E-state index in [0.29, 0.717) is 0 Å². The lowest BCUT2D eigenvalue weighted by Crippen LogP contribution is -2.32. The van der Waals surface area contributed by atoms with Gasteiger partial charge in [-0.15, -0.1) is 0 Å². The molecule has 4 nitrogen and oxygen atoms in total. The van der Waals surface area contributed by atoms with Crippen LogP contribution in [0, 0.1) is 10.1 Å². The lowest BCUT2D eigenvalue weighted by atomic mass is 10.0. The van der Waals surface area contributed by atoms with Crippen molar-refractivity contribution in [3.63, 3.8) is 0 Å². The molecule has 0 aromatic rings. The summed E-state index contributed by atoms with van der Waals surface area (Å²) in [5.41, 5.74) is 0.247. The predicted molar refractivity (Wildman–Crippen MR) is 39.7 cm³/mol. The number of nitro groups is 1. The van der Waals surface area contributed by atoms with E-state index in [1.165, 1.54) is 6.92 Å². The van der Waals surface area contributed by atoms with Crippen LogP contribution in [0.1, 0.15) is 6.92 Å². The highest BCUT2D eigenvalue weighted by Crippen LogP contribution is 2.24. The van der Waals surface area contributed by atoms with Crippen LogP contribution < -0.4 is 0 Å². The first-order chi connectivity index (χ1) is 5.46. The van der Waals surface area contributed by atoms with Crippen molar-refractivity contribution in [1.82, 2.24) is 0 Å². The molecular formula is C7H8FNO3. The molecule has 0 heterocycles. The van der Waals surface area contributed by atoms with Crippen molar-refractivity contribution >= 4 is 0 Å². The van der Waals surface area contributed by atoms with Crippen molar-refractivity contribution in [3.05, 3.63) is 33.9 Å². The summed E-state index contributed by atoms with van der Waals surface area (Å²) in [5.74, 6) is -2.65. The number of rotatable bonds is 1. The van der Waals surface area contributed by atoms with Gasteiger partial charge in [0.1, 0.15) is 0 Å². The molecule has 12 heavy (non-hydrogen) atoms. The molecule has 0 spiro atoms. The highest BCUT2D eigenvalue weighted by molar-refractivity contribution is 5.26. The van der Waals surface area contributed by atoms with Crippen LogP contribution in [-0.4, -0.2) is 21.9 Å². The Balaban J connectivity index is 2.99. The first kappa shape index (κ1) is 8.86. The summed E-state index contributed by atoms with van der Waals surface area (Å²) in [6, 6.07) is 0. The Morgan fingerprint density at radius 1 is 1.83 bits per heavy atom. The highest BCUT2D eigenvalue weighted by Gasteiger charge is 2.40.